The Morgan fingerprint density at radius 1 is 1.00 bits per heavy atom. The van der Waals surface area contributed by atoms with Crippen molar-refractivity contribution in [3.8, 4) is 11.3 Å². The van der Waals surface area contributed by atoms with E-state index in [1.165, 1.54) is 12.1 Å². The summed E-state index contributed by atoms with van der Waals surface area (Å²) in [5.41, 5.74) is 1.97. The molecule has 4 aromatic rings. The molecule has 7 nitrogen and oxygen atoms in total. The van der Waals surface area contributed by atoms with Crippen LogP contribution in [-0.4, -0.2) is 46.2 Å². The summed E-state index contributed by atoms with van der Waals surface area (Å²) in [5.74, 6) is 0.849. The summed E-state index contributed by atoms with van der Waals surface area (Å²) >= 11 is 6.07. The Balaban J connectivity index is 1.45. The van der Waals surface area contributed by atoms with Gasteiger partial charge in [0.2, 0.25) is 5.95 Å². The third kappa shape index (κ3) is 4.12. The average Bonchev–Trinajstić information content (AvgIpc) is 2.81. The lowest BCUT2D eigenvalue weighted by molar-refractivity contribution is 0.122. The Morgan fingerprint density at radius 2 is 1.87 bits per heavy atom. The van der Waals surface area contributed by atoms with Crippen LogP contribution in [0.25, 0.3) is 22.2 Å². The summed E-state index contributed by atoms with van der Waals surface area (Å²) in [6.07, 6.45) is 5.01. The monoisotopic (exact) mass is 436 g/mol. The number of nitrogens with one attached hydrogen (secondary N) is 1. The van der Waals surface area contributed by atoms with Crippen LogP contribution in [0, 0.1) is 5.82 Å². The number of anilines is 3. The summed E-state index contributed by atoms with van der Waals surface area (Å²) in [6, 6.07) is 10.0. The molecular formula is C22H18ClFN6O. The number of hydrogen-bond donors (Lipinski definition) is 1. The molecule has 1 fully saturated rings. The molecule has 1 aromatic carbocycles. The fourth-order valence-electron chi connectivity index (χ4n) is 3.46. The van der Waals surface area contributed by atoms with Gasteiger partial charge in [-0.25, -0.2) is 19.3 Å². The van der Waals surface area contributed by atoms with Crippen LogP contribution in [0.4, 0.5) is 21.8 Å². The van der Waals surface area contributed by atoms with Gasteiger partial charge in [0.25, 0.3) is 0 Å². The number of aromatic nitrogens is 4. The highest BCUT2D eigenvalue weighted by atomic mass is 35.5. The first-order chi connectivity index (χ1) is 15.2. The highest BCUT2D eigenvalue weighted by Gasteiger charge is 2.14. The molecule has 5 rings (SSSR count). The molecule has 0 amide bonds. The van der Waals surface area contributed by atoms with E-state index in [9.17, 15) is 4.39 Å². The third-order valence-corrected chi connectivity index (χ3v) is 5.26. The second kappa shape index (κ2) is 8.41. The zero-order valence-electron chi connectivity index (χ0n) is 16.4. The van der Waals surface area contributed by atoms with Crippen LogP contribution >= 0.6 is 11.6 Å². The summed E-state index contributed by atoms with van der Waals surface area (Å²) in [7, 11) is 0. The highest BCUT2D eigenvalue weighted by Crippen LogP contribution is 2.30. The number of hydrogen-bond acceptors (Lipinski definition) is 7. The molecule has 0 aliphatic carbocycles. The number of rotatable bonds is 4. The van der Waals surface area contributed by atoms with Crippen molar-refractivity contribution < 1.29 is 9.13 Å². The molecule has 9 heteroatoms. The van der Waals surface area contributed by atoms with Gasteiger partial charge in [0, 0.05) is 41.5 Å². The first kappa shape index (κ1) is 19.6. The van der Waals surface area contributed by atoms with Gasteiger partial charge < -0.3 is 15.0 Å². The molecule has 4 heterocycles. The van der Waals surface area contributed by atoms with Crippen LogP contribution in [0.2, 0.25) is 5.02 Å². The highest BCUT2D eigenvalue weighted by molar-refractivity contribution is 6.30. The topological polar surface area (TPSA) is 76.1 Å². The van der Waals surface area contributed by atoms with Crippen molar-refractivity contribution in [2.24, 2.45) is 0 Å². The van der Waals surface area contributed by atoms with Crippen LogP contribution in [0.15, 0.2) is 55.0 Å². The van der Waals surface area contributed by atoms with Crippen molar-refractivity contribution in [1.82, 2.24) is 19.9 Å². The largest absolute Gasteiger partial charge is 0.378 e. The van der Waals surface area contributed by atoms with E-state index in [0.29, 0.717) is 41.0 Å². The van der Waals surface area contributed by atoms with Crippen molar-refractivity contribution in [1.29, 1.82) is 0 Å². The van der Waals surface area contributed by atoms with Crippen LogP contribution < -0.4 is 10.2 Å². The molecule has 0 spiro atoms. The van der Waals surface area contributed by atoms with Crippen LogP contribution in [0.5, 0.6) is 0 Å². The Bertz CT molecular complexity index is 1230. The van der Waals surface area contributed by atoms with Gasteiger partial charge >= 0.3 is 0 Å². The number of morpholine rings is 1. The molecule has 156 valence electrons. The van der Waals surface area contributed by atoms with E-state index in [-0.39, 0.29) is 0 Å². The van der Waals surface area contributed by atoms with E-state index >= 15 is 0 Å². The molecule has 3 aromatic heterocycles. The van der Waals surface area contributed by atoms with Crippen LogP contribution in [-0.2, 0) is 4.74 Å². The number of pyridine rings is 2. The Labute approximate surface area is 182 Å². The summed E-state index contributed by atoms with van der Waals surface area (Å²) in [5, 5.41) is 4.33. The zero-order valence-corrected chi connectivity index (χ0v) is 17.2. The lowest BCUT2D eigenvalue weighted by atomic mass is 10.1. The number of nitrogens with zero attached hydrogens (tertiary/aromatic N) is 5. The maximum Gasteiger partial charge on any atom is 0.227 e. The SMILES string of the molecule is Fc1ccc(Cl)cc1-c1nccc2cnc(Nc3ccc(N4CCOCC4)nc3)nc12. The fourth-order valence-corrected chi connectivity index (χ4v) is 3.63. The number of benzene rings is 1. The summed E-state index contributed by atoms with van der Waals surface area (Å²) < 4.78 is 19.8. The first-order valence-electron chi connectivity index (χ1n) is 9.80. The lowest BCUT2D eigenvalue weighted by Crippen LogP contribution is -2.36. The van der Waals surface area contributed by atoms with Gasteiger partial charge in [0.15, 0.2) is 0 Å². The fraction of sp³-hybridized carbons (Fsp3) is 0.182. The molecule has 0 radical (unpaired) electrons. The van der Waals surface area contributed by atoms with Crippen molar-refractivity contribution in [3.05, 3.63) is 65.8 Å². The van der Waals surface area contributed by atoms with Gasteiger partial charge in [-0.1, -0.05) is 11.6 Å². The van der Waals surface area contributed by atoms with Crippen molar-refractivity contribution in [2.45, 2.75) is 0 Å². The van der Waals surface area contributed by atoms with Gasteiger partial charge in [-0.2, -0.15) is 0 Å². The van der Waals surface area contributed by atoms with Gasteiger partial charge in [-0.05, 0) is 36.4 Å². The van der Waals surface area contributed by atoms with E-state index in [1.54, 1.807) is 30.7 Å². The molecule has 0 bridgehead atoms. The molecule has 1 aliphatic rings. The Morgan fingerprint density at radius 3 is 2.68 bits per heavy atom. The number of ether oxygens (including phenoxy) is 1. The van der Waals surface area contributed by atoms with E-state index in [0.717, 1.165) is 30.0 Å². The molecule has 0 saturated carbocycles. The van der Waals surface area contributed by atoms with Crippen molar-refractivity contribution >= 4 is 40.0 Å². The quantitative estimate of drug-likeness (QED) is 0.506. The van der Waals surface area contributed by atoms with Crippen molar-refractivity contribution in [3.63, 3.8) is 0 Å². The first-order valence-corrected chi connectivity index (χ1v) is 10.2. The molecular weight excluding hydrogens is 419 g/mol. The van der Waals surface area contributed by atoms with Gasteiger partial charge in [-0.3, -0.25) is 4.98 Å². The van der Waals surface area contributed by atoms with E-state index in [2.05, 4.69) is 30.2 Å². The van der Waals surface area contributed by atoms with Gasteiger partial charge in [-0.15, -0.1) is 0 Å². The lowest BCUT2D eigenvalue weighted by Gasteiger charge is -2.27. The standard InChI is InChI=1S/C22H18ClFN6O/c23-15-1-3-18(24)17(11-15)21-20-14(5-6-25-21)12-27-22(29-20)28-16-2-4-19(26-13-16)30-7-9-31-10-8-30/h1-6,11-13H,7-10H2,(H,27,28,29). The molecule has 0 unspecified atom stereocenters. The Kier molecular flexibility index (Phi) is 5.31. The minimum absolute atomic E-state index is 0.291. The predicted octanol–water partition coefficient (Wildman–Crippen LogP) is 4.46. The Hall–Kier alpha value is -3.36. The summed E-state index contributed by atoms with van der Waals surface area (Å²) in [6.45, 7) is 3.05. The predicted molar refractivity (Wildman–Crippen MR) is 118 cm³/mol. The minimum Gasteiger partial charge on any atom is -0.378 e. The molecule has 0 atom stereocenters. The normalized spacial score (nSPS) is 14.1. The maximum absolute atomic E-state index is 14.4. The van der Waals surface area contributed by atoms with Gasteiger partial charge in [0.1, 0.15) is 17.2 Å². The zero-order chi connectivity index (χ0) is 21.2. The molecule has 31 heavy (non-hydrogen) atoms. The second-order valence-electron chi connectivity index (χ2n) is 7.04. The van der Waals surface area contributed by atoms with E-state index in [1.807, 2.05) is 12.1 Å². The summed E-state index contributed by atoms with van der Waals surface area (Å²) in [4.78, 5) is 20.0. The number of fused-ring (bicyclic) bond motifs is 1. The second-order valence-corrected chi connectivity index (χ2v) is 7.48. The van der Waals surface area contributed by atoms with Crippen LogP contribution in [0.3, 0.4) is 0 Å². The third-order valence-electron chi connectivity index (χ3n) is 5.02. The molecule has 1 saturated heterocycles. The molecule has 1 aliphatic heterocycles. The van der Waals surface area contributed by atoms with E-state index < -0.39 is 5.82 Å². The van der Waals surface area contributed by atoms with Crippen molar-refractivity contribution in [2.75, 3.05) is 36.5 Å². The van der Waals surface area contributed by atoms with Crippen LogP contribution in [0.1, 0.15) is 0 Å². The smallest absolute Gasteiger partial charge is 0.227 e. The average molecular weight is 437 g/mol. The minimum atomic E-state index is -0.416. The molecule has 1 N–H and O–H groups in total. The van der Waals surface area contributed by atoms with E-state index in [4.69, 9.17) is 16.3 Å². The number of halogens is 2. The maximum atomic E-state index is 14.4. The van der Waals surface area contributed by atoms with Gasteiger partial charge in [0.05, 0.1) is 30.8 Å².